The molecule has 0 bridgehead atoms. The van der Waals surface area contributed by atoms with E-state index in [0.29, 0.717) is 30.6 Å². The number of hydrogen-bond acceptors (Lipinski definition) is 6. The van der Waals surface area contributed by atoms with Crippen LogP contribution in [0.25, 0.3) is 5.69 Å². The van der Waals surface area contributed by atoms with Crippen molar-refractivity contribution < 1.29 is 9.53 Å². The summed E-state index contributed by atoms with van der Waals surface area (Å²) in [5, 5.41) is 12.6. The molecule has 1 saturated heterocycles. The molecule has 0 saturated carbocycles. The third-order valence-electron chi connectivity index (χ3n) is 4.29. The Balaban J connectivity index is 1.66. The molecule has 0 radical (unpaired) electrons. The largest absolute Gasteiger partial charge is 0.375 e. The van der Waals surface area contributed by atoms with Crippen molar-refractivity contribution in [2.75, 3.05) is 25.4 Å². The molecule has 1 aromatic carbocycles. The average Bonchev–Trinajstić information content (AvgIpc) is 3.08. The fourth-order valence-corrected chi connectivity index (χ4v) is 3.66. The van der Waals surface area contributed by atoms with Gasteiger partial charge in [0.2, 0.25) is 11.1 Å². The lowest BCUT2D eigenvalue weighted by molar-refractivity contribution is -0.135. The summed E-state index contributed by atoms with van der Waals surface area (Å²) in [5.41, 5.74) is 3.22. The molecule has 1 aromatic heterocycles. The molecule has 0 N–H and O–H groups in total. The second-order valence-electron chi connectivity index (χ2n) is 6.19. The molecule has 3 rings (SSSR count). The van der Waals surface area contributed by atoms with Crippen LogP contribution in [0.4, 0.5) is 0 Å². The van der Waals surface area contributed by atoms with Crippen LogP contribution in [0.2, 0.25) is 0 Å². The topological polar surface area (TPSA) is 73.1 Å². The highest BCUT2D eigenvalue weighted by atomic mass is 32.2. The lowest BCUT2D eigenvalue weighted by Crippen LogP contribution is -2.46. The molecule has 25 heavy (non-hydrogen) atoms. The molecule has 0 unspecified atom stereocenters. The lowest BCUT2D eigenvalue weighted by atomic mass is 10.1. The van der Waals surface area contributed by atoms with Crippen molar-refractivity contribution in [3.63, 3.8) is 0 Å². The van der Waals surface area contributed by atoms with Gasteiger partial charge in [-0.25, -0.2) is 0 Å². The number of aryl methyl sites for hydroxylation is 2. The number of carbonyl (C=O) groups is 1. The number of thioether (sulfide) groups is 1. The minimum Gasteiger partial charge on any atom is -0.375 e. The summed E-state index contributed by atoms with van der Waals surface area (Å²) >= 11 is 1.37. The van der Waals surface area contributed by atoms with Crippen molar-refractivity contribution in [3.05, 3.63) is 29.3 Å². The molecule has 0 aliphatic carbocycles. The first-order valence-electron chi connectivity index (χ1n) is 8.46. The highest BCUT2D eigenvalue weighted by molar-refractivity contribution is 7.99. The zero-order valence-electron chi connectivity index (χ0n) is 14.8. The number of tetrazole rings is 1. The van der Waals surface area contributed by atoms with Gasteiger partial charge in [0.15, 0.2) is 0 Å². The normalized spacial score (nSPS) is 17.7. The monoisotopic (exact) mass is 361 g/mol. The van der Waals surface area contributed by atoms with E-state index >= 15 is 0 Å². The van der Waals surface area contributed by atoms with Crippen LogP contribution in [0.1, 0.15) is 24.5 Å². The third-order valence-corrected chi connectivity index (χ3v) is 5.20. The Kier molecular flexibility index (Phi) is 5.70. The maximum atomic E-state index is 12.5. The minimum atomic E-state index is 0.0990. The van der Waals surface area contributed by atoms with E-state index in [4.69, 9.17) is 4.74 Å². The molecule has 134 valence electrons. The molecule has 8 heteroatoms. The number of carbonyl (C=O) groups excluding carboxylic acids is 1. The van der Waals surface area contributed by atoms with E-state index in [2.05, 4.69) is 35.4 Å². The smallest absolute Gasteiger partial charge is 0.233 e. The van der Waals surface area contributed by atoms with Gasteiger partial charge in [0.25, 0.3) is 0 Å². The van der Waals surface area contributed by atoms with Gasteiger partial charge in [0.05, 0.1) is 24.2 Å². The molecule has 2 aromatic rings. The predicted octanol–water partition coefficient (Wildman–Crippen LogP) is 2.01. The van der Waals surface area contributed by atoms with E-state index in [9.17, 15) is 4.79 Å². The van der Waals surface area contributed by atoms with Crippen LogP contribution in [0.5, 0.6) is 0 Å². The second-order valence-corrected chi connectivity index (χ2v) is 7.14. The van der Waals surface area contributed by atoms with Gasteiger partial charge in [-0.2, -0.15) is 4.68 Å². The molecule has 1 aliphatic rings. The summed E-state index contributed by atoms with van der Waals surface area (Å²) in [4.78, 5) is 14.4. The first-order chi connectivity index (χ1) is 12.1. The Morgan fingerprint density at radius 2 is 2.24 bits per heavy atom. The fourth-order valence-electron chi connectivity index (χ4n) is 2.87. The van der Waals surface area contributed by atoms with Gasteiger partial charge in [-0.05, 0) is 42.3 Å². The Morgan fingerprint density at radius 1 is 1.40 bits per heavy atom. The number of benzene rings is 1. The van der Waals surface area contributed by atoms with Gasteiger partial charge in [-0.1, -0.05) is 36.4 Å². The van der Waals surface area contributed by atoms with Gasteiger partial charge in [-0.15, -0.1) is 5.10 Å². The summed E-state index contributed by atoms with van der Waals surface area (Å²) in [6.07, 6.45) is 1.06. The zero-order valence-corrected chi connectivity index (χ0v) is 15.6. The lowest BCUT2D eigenvalue weighted by Gasteiger charge is -2.32. The summed E-state index contributed by atoms with van der Waals surface area (Å²) in [5.74, 6) is 0.420. The Labute approximate surface area is 151 Å². The fraction of sp³-hybridized carbons (Fsp3) is 0.529. The van der Waals surface area contributed by atoms with Crippen LogP contribution < -0.4 is 0 Å². The van der Waals surface area contributed by atoms with Crippen LogP contribution in [0, 0.1) is 13.8 Å². The van der Waals surface area contributed by atoms with Crippen LogP contribution in [0.3, 0.4) is 0 Å². The van der Waals surface area contributed by atoms with Crippen LogP contribution in [-0.2, 0) is 9.53 Å². The van der Waals surface area contributed by atoms with Crippen molar-refractivity contribution in [1.82, 2.24) is 25.1 Å². The molecular formula is C17H23N5O2S. The van der Waals surface area contributed by atoms with E-state index in [1.165, 1.54) is 17.3 Å². The number of aromatic nitrogens is 4. The average molecular weight is 361 g/mol. The van der Waals surface area contributed by atoms with E-state index in [1.807, 2.05) is 24.0 Å². The third kappa shape index (κ3) is 4.19. The van der Waals surface area contributed by atoms with Gasteiger partial charge in [0.1, 0.15) is 0 Å². The number of rotatable bonds is 5. The molecule has 1 fully saturated rings. The molecule has 1 atom stereocenters. The second kappa shape index (κ2) is 7.97. The standard InChI is InChI=1S/C17H23N5O2S/c1-4-14-10-21(7-8-24-14)16(23)11-25-17-18-19-20-22(17)15-6-5-12(2)9-13(15)3/h5-6,9,14H,4,7-8,10-11H2,1-3H3/t14-/m0/s1. The number of nitrogens with zero attached hydrogens (tertiary/aromatic N) is 5. The predicted molar refractivity (Wildman–Crippen MR) is 96.0 cm³/mol. The highest BCUT2D eigenvalue weighted by Crippen LogP contribution is 2.22. The Bertz CT molecular complexity index is 748. The summed E-state index contributed by atoms with van der Waals surface area (Å²) in [6.45, 7) is 8.08. The first-order valence-corrected chi connectivity index (χ1v) is 9.45. The molecule has 0 spiro atoms. The van der Waals surface area contributed by atoms with Crippen molar-refractivity contribution in [3.8, 4) is 5.69 Å². The molecule has 7 nitrogen and oxygen atoms in total. The quantitative estimate of drug-likeness (QED) is 0.759. The summed E-state index contributed by atoms with van der Waals surface area (Å²) < 4.78 is 7.32. The van der Waals surface area contributed by atoms with Gasteiger partial charge in [-0.3, -0.25) is 4.79 Å². The maximum absolute atomic E-state index is 12.5. The van der Waals surface area contributed by atoms with Crippen molar-refractivity contribution in [2.24, 2.45) is 0 Å². The van der Waals surface area contributed by atoms with E-state index < -0.39 is 0 Å². The number of ether oxygens (including phenoxy) is 1. The highest BCUT2D eigenvalue weighted by Gasteiger charge is 2.23. The van der Waals surface area contributed by atoms with Crippen LogP contribution in [-0.4, -0.2) is 62.6 Å². The van der Waals surface area contributed by atoms with Gasteiger partial charge < -0.3 is 9.64 Å². The van der Waals surface area contributed by atoms with Crippen molar-refractivity contribution >= 4 is 17.7 Å². The maximum Gasteiger partial charge on any atom is 0.233 e. The Morgan fingerprint density at radius 3 is 3.00 bits per heavy atom. The molecular weight excluding hydrogens is 338 g/mol. The van der Waals surface area contributed by atoms with E-state index in [1.54, 1.807) is 4.68 Å². The van der Waals surface area contributed by atoms with Crippen molar-refractivity contribution in [1.29, 1.82) is 0 Å². The van der Waals surface area contributed by atoms with Crippen molar-refractivity contribution in [2.45, 2.75) is 38.5 Å². The summed E-state index contributed by atoms with van der Waals surface area (Å²) in [6, 6.07) is 6.12. The SMILES string of the molecule is CC[C@H]1CN(C(=O)CSc2nnnn2-c2ccc(C)cc2C)CCO1. The zero-order chi connectivity index (χ0) is 17.8. The first kappa shape index (κ1) is 17.9. The molecule has 2 heterocycles. The summed E-state index contributed by atoms with van der Waals surface area (Å²) in [7, 11) is 0. The van der Waals surface area contributed by atoms with Gasteiger partial charge in [0, 0.05) is 13.1 Å². The Hall–Kier alpha value is -1.93. The minimum absolute atomic E-state index is 0.0990. The number of amides is 1. The number of morpholine rings is 1. The van der Waals surface area contributed by atoms with E-state index in [-0.39, 0.29) is 12.0 Å². The van der Waals surface area contributed by atoms with Gasteiger partial charge >= 0.3 is 0 Å². The molecule has 1 aliphatic heterocycles. The van der Waals surface area contributed by atoms with E-state index in [0.717, 1.165) is 17.7 Å². The number of hydrogen-bond donors (Lipinski definition) is 0. The van der Waals surface area contributed by atoms with Crippen LogP contribution >= 0.6 is 11.8 Å². The molecule has 1 amide bonds. The van der Waals surface area contributed by atoms with Crippen LogP contribution in [0.15, 0.2) is 23.4 Å².